The molecular formula is C17H13F2N3O4S. The van der Waals surface area contributed by atoms with Gasteiger partial charge in [0.2, 0.25) is 5.82 Å². The minimum Gasteiger partial charge on any atom is -0.456 e. The maximum atomic E-state index is 13.5. The molecule has 3 aromatic rings. The van der Waals surface area contributed by atoms with Crippen molar-refractivity contribution in [1.29, 1.82) is 0 Å². The molecule has 0 radical (unpaired) electrons. The molecule has 2 aromatic heterocycles. The van der Waals surface area contributed by atoms with E-state index in [0.717, 1.165) is 17.0 Å². The summed E-state index contributed by atoms with van der Waals surface area (Å²) in [6.45, 7) is -0.267. The first-order chi connectivity index (χ1) is 13.0. The molecule has 0 saturated heterocycles. The molecule has 10 heteroatoms. The molecule has 0 fully saturated rings. The van der Waals surface area contributed by atoms with Gasteiger partial charge in [0.25, 0.3) is 11.8 Å². The molecular weight excluding hydrogens is 380 g/mol. The zero-order valence-corrected chi connectivity index (χ0v) is 14.6. The standard InChI is InChI=1S/C17H13F2N3O4S/c18-10-3-4-11(12(19)8-10)17(24)20-6-5-15(23)25-9-14-21-16(22-26-14)13-2-1-7-27-13/h1-4,7-8H,5-6,9H2,(H,20,24). The number of nitrogens with zero attached hydrogens (tertiary/aromatic N) is 2. The Morgan fingerprint density at radius 1 is 1.26 bits per heavy atom. The molecule has 140 valence electrons. The van der Waals surface area contributed by atoms with Gasteiger partial charge in [-0.3, -0.25) is 9.59 Å². The van der Waals surface area contributed by atoms with Crippen molar-refractivity contribution in [3.05, 3.63) is 58.8 Å². The lowest BCUT2D eigenvalue weighted by Crippen LogP contribution is -2.27. The highest BCUT2D eigenvalue weighted by molar-refractivity contribution is 7.13. The molecule has 1 aromatic carbocycles. The van der Waals surface area contributed by atoms with Crippen LogP contribution in [0.25, 0.3) is 10.7 Å². The second-order valence-corrected chi connectivity index (χ2v) is 6.23. The fraction of sp³-hybridized carbons (Fsp3) is 0.176. The number of esters is 1. The van der Waals surface area contributed by atoms with E-state index in [1.807, 2.05) is 17.5 Å². The van der Waals surface area contributed by atoms with E-state index in [4.69, 9.17) is 9.26 Å². The number of rotatable bonds is 7. The van der Waals surface area contributed by atoms with E-state index in [1.54, 1.807) is 0 Å². The number of nitrogens with one attached hydrogen (secondary N) is 1. The highest BCUT2D eigenvalue weighted by Crippen LogP contribution is 2.21. The van der Waals surface area contributed by atoms with Crippen LogP contribution in [-0.4, -0.2) is 28.6 Å². The van der Waals surface area contributed by atoms with Gasteiger partial charge in [0.1, 0.15) is 11.6 Å². The largest absolute Gasteiger partial charge is 0.456 e. The topological polar surface area (TPSA) is 94.3 Å². The first kappa shape index (κ1) is 18.6. The Morgan fingerprint density at radius 2 is 2.11 bits per heavy atom. The third-order valence-corrected chi connectivity index (χ3v) is 4.22. The maximum absolute atomic E-state index is 13.5. The van der Waals surface area contributed by atoms with Crippen molar-refractivity contribution in [3.63, 3.8) is 0 Å². The number of aromatic nitrogens is 2. The van der Waals surface area contributed by atoms with Gasteiger partial charge in [-0.25, -0.2) is 8.78 Å². The van der Waals surface area contributed by atoms with Crippen LogP contribution >= 0.6 is 11.3 Å². The Balaban J connectivity index is 1.41. The molecule has 0 saturated carbocycles. The summed E-state index contributed by atoms with van der Waals surface area (Å²) in [4.78, 5) is 28.4. The highest BCUT2D eigenvalue weighted by atomic mass is 32.1. The summed E-state index contributed by atoms with van der Waals surface area (Å²) in [7, 11) is 0. The number of hydrogen-bond acceptors (Lipinski definition) is 7. The number of carbonyl (C=O) groups is 2. The van der Waals surface area contributed by atoms with Crippen LogP contribution in [0.4, 0.5) is 8.78 Å². The summed E-state index contributed by atoms with van der Waals surface area (Å²) in [6.07, 6.45) is -0.138. The second-order valence-electron chi connectivity index (χ2n) is 5.28. The van der Waals surface area contributed by atoms with Gasteiger partial charge in [0, 0.05) is 12.6 Å². The van der Waals surface area contributed by atoms with Gasteiger partial charge in [0.15, 0.2) is 6.61 Å². The molecule has 1 amide bonds. The third kappa shape index (κ3) is 4.94. The van der Waals surface area contributed by atoms with Gasteiger partial charge in [-0.05, 0) is 23.6 Å². The summed E-state index contributed by atoms with van der Waals surface area (Å²) in [5.41, 5.74) is -0.309. The normalized spacial score (nSPS) is 10.6. The zero-order chi connectivity index (χ0) is 19.2. The summed E-state index contributed by atoms with van der Waals surface area (Å²) in [5.74, 6) is -2.57. The van der Waals surface area contributed by atoms with E-state index < -0.39 is 23.5 Å². The summed E-state index contributed by atoms with van der Waals surface area (Å²) < 4.78 is 36.3. The van der Waals surface area contributed by atoms with E-state index in [2.05, 4.69) is 15.5 Å². The Kier molecular flexibility index (Phi) is 5.87. The van der Waals surface area contributed by atoms with Crippen LogP contribution in [0.5, 0.6) is 0 Å². The average molecular weight is 393 g/mol. The Hall–Kier alpha value is -3.14. The van der Waals surface area contributed by atoms with Crippen molar-refractivity contribution in [2.75, 3.05) is 6.54 Å². The van der Waals surface area contributed by atoms with Crippen molar-refractivity contribution in [3.8, 4) is 10.7 Å². The van der Waals surface area contributed by atoms with Crippen LogP contribution in [0.2, 0.25) is 0 Å². The van der Waals surface area contributed by atoms with E-state index in [-0.39, 0.29) is 31.0 Å². The van der Waals surface area contributed by atoms with E-state index in [0.29, 0.717) is 11.9 Å². The predicted octanol–water partition coefficient (Wildman–Crippen LogP) is 2.94. The fourth-order valence-corrected chi connectivity index (χ4v) is 2.73. The lowest BCUT2D eigenvalue weighted by molar-refractivity contribution is -0.145. The van der Waals surface area contributed by atoms with Gasteiger partial charge in [0.05, 0.1) is 16.9 Å². The lowest BCUT2D eigenvalue weighted by Gasteiger charge is -2.06. The number of carbonyl (C=O) groups excluding carboxylic acids is 2. The summed E-state index contributed by atoms with van der Waals surface area (Å²) >= 11 is 1.45. The van der Waals surface area contributed by atoms with Gasteiger partial charge < -0.3 is 14.6 Å². The lowest BCUT2D eigenvalue weighted by atomic mass is 10.2. The van der Waals surface area contributed by atoms with Crippen LogP contribution in [0, 0.1) is 11.6 Å². The molecule has 0 atom stereocenters. The molecule has 0 aliphatic carbocycles. The Morgan fingerprint density at radius 3 is 2.85 bits per heavy atom. The van der Waals surface area contributed by atoms with Crippen molar-refractivity contribution in [2.45, 2.75) is 13.0 Å². The molecule has 0 bridgehead atoms. The highest BCUT2D eigenvalue weighted by Gasteiger charge is 2.14. The molecule has 0 aliphatic heterocycles. The number of benzene rings is 1. The van der Waals surface area contributed by atoms with Crippen LogP contribution in [0.15, 0.2) is 40.2 Å². The third-order valence-electron chi connectivity index (χ3n) is 3.36. The number of halogens is 2. The van der Waals surface area contributed by atoms with Crippen LogP contribution < -0.4 is 5.32 Å². The summed E-state index contributed by atoms with van der Waals surface area (Å²) in [5, 5.41) is 8.02. The quantitative estimate of drug-likeness (QED) is 0.621. The van der Waals surface area contributed by atoms with Crippen LogP contribution in [0.3, 0.4) is 0 Å². The molecule has 2 heterocycles. The van der Waals surface area contributed by atoms with Crippen molar-refractivity contribution in [1.82, 2.24) is 15.5 Å². The number of amides is 1. The zero-order valence-electron chi connectivity index (χ0n) is 13.8. The minimum absolute atomic E-state index is 0.0707. The molecule has 0 aliphatic rings. The SMILES string of the molecule is O=C(CCNC(=O)c1ccc(F)cc1F)OCc1nc(-c2cccs2)no1. The number of hydrogen-bond donors (Lipinski definition) is 1. The summed E-state index contributed by atoms with van der Waals surface area (Å²) in [6, 6.07) is 6.29. The van der Waals surface area contributed by atoms with Crippen LogP contribution in [0.1, 0.15) is 22.7 Å². The fourth-order valence-electron chi connectivity index (χ4n) is 2.08. The minimum atomic E-state index is -0.979. The predicted molar refractivity (Wildman–Crippen MR) is 90.7 cm³/mol. The average Bonchev–Trinajstić information content (AvgIpc) is 3.31. The van der Waals surface area contributed by atoms with Gasteiger partial charge in [-0.2, -0.15) is 4.98 Å². The second kappa shape index (κ2) is 8.49. The smallest absolute Gasteiger partial charge is 0.308 e. The van der Waals surface area contributed by atoms with E-state index >= 15 is 0 Å². The molecule has 3 rings (SSSR count). The van der Waals surface area contributed by atoms with E-state index in [9.17, 15) is 18.4 Å². The maximum Gasteiger partial charge on any atom is 0.308 e. The first-order valence-electron chi connectivity index (χ1n) is 7.78. The molecule has 1 N–H and O–H groups in total. The molecule has 0 spiro atoms. The molecule has 7 nitrogen and oxygen atoms in total. The van der Waals surface area contributed by atoms with Crippen molar-refractivity contribution >= 4 is 23.2 Å². The Labute approximate surface area is 156 Å². The van der Waals surface area contributed by atoms with E-state index in [1.165, 1.54) is 11.3 Å². The number of ether oxygens (including phenoxy) is 1. The molecule has 27 heavy (non-hydrogen) atoms. The Bertz CT molecular complexity index is 944. The van der Waals surface area contributed by atoms with Gasteiger partial charge in [-0.15, -0.1) is 11.3 Å². The van der Waals surface area contributed by atoms with Crippen LogP contribution in [-0.2, 0) is 16.1 Å². The van der Waals surface area contributed by atoms with Crippen molar-refractivity contribution in [2.24, 2.45) is 0 Å². The van der Waals surface area contributed by atoms with Gasteiger partial charge in [-0.1, -0.05) is 11.2 Å². The monoisotopic (exact) mass is 393 g/mol. The number of thiophene rings is 1. The van der Waals surface area contributed by atoms with Gasteiger partial charge >= 0.3 is 5.97 Å². The first-order valence-corrected chi connectivity index (χ1v) is 8.66. The molecule has 0 unspecified atom stereocenters. The van der Waals surface area contributed by atoms with Crippen molar-refractivity contribution < 1.29 is 27.6 Å².